The van der Waals surface area contributed by atoms with Gasteiger partial charge in [-0.25, -0.2) is 4.68 Å². The number of aromatic nitrogens is 2. The number of primary amides is 1. The SMILES string of the molecule is CCc1nn2c(c1C(N)=O)N[C@H](c1ccccc1)C2. The van der Waals surface area contributed by atoms with Crippen molar-refractivity contribution >= 4 is 11.7 Å². The number of carbonyl (C=O) groups is 1. The molecule has 98 valence electrons. The number of hydrogen-bond donors (Lipinski definition) is 2. The van der Waals surface area contributed by atoms with Crippen molar-refractivity contribution in [3.63, 3.8) is 0 Å². The molecule has 5 heteroatoms. The second-order valence-electron chi connectivity index (χ2n) is 4.68. The standard InChI is InChI=1S/C14H16N4O/c1-2-10-12(13(15)19)14-16-11(8-18(14)17-10)9-6-4-3-5-7-9/h3-7,11,16H,2,8H2,1H3,(H2,15,19)/t11-/m0/s1. The van der Waals surface area contributed by atoms with Crippen molar-refractivity contribution in [2.75, 3.05) is 5.32 Å². The van der Waals surface area contributed by atoms with E-state index >= 15 is 0 Å². The predicted octanol–water partition coefficient (Wildman–Crippen LogP) is 1.71. The van der Waals surface area contributed by atoms with E-state index < -0.39 is 5.91 Å². The summed E-state index contributed by atoms with van der Waals surface area (Å²) < 4.78 is 1.84. The van der Waals surface area contributed by atoms with Crippen LogP contribution in [0.4, 0.5) is 5.82 Å². The molecule has 0 radical (unpaired) electrons. The zero-order chi connectivity index (χ0) is 13.4. The van der Waals surface area contributed by atoms with E-state index in [9.17, 15) is 4.79 Å². The van der Waals surface area contributed by atoms with Gasteiger partial charge in [0, 0.05) is 0 Å². The molecule has 3 rings (SSSR count). The molecule has 0 bridgehead atoms. The van der Waals surface area contributed by atoms with Crippen LogP contribution in [0.1, 0.15) is 34.6 Å². The van der Waals surface area contributed by atoms with Crippen LogP contribution >= 0.6 is 0 Å². The summed E-state index contributed by atoms with van der Waals surface area (Å²) in [6.45, 7) is 2.69. The van der Waals surface area contributed by atoms with E-state index in [1.807, 2.05) is 29.8 Å². The molecule has 0 fully saturated rings. The molecule has 5 nitrogen and oxygen atoms in total. The fraction of sp³-hybridized carbons (Fsp3) is 0.286. The molecule has 1 aliphatic heterocycles. The highest BCUT2D eigenvalue weighted by Crippen LogP contribution is 2.32. The van der Waals surface area contributed by atoms with Crippen LogP contribution < -0.4 is 11.1 Å². The highest BCUT2D eigenvalue weighted by molar-refractivity contribution is 5.99. The van der Waals surface area contributed by atoms with Gasteiger partial charge in [0.05, 0.1) is 18.3 Å². The summed E-state index contributed by atoms with van der Waals surface area (Å²) in [5.41, 5.74) is 7.94. The van der Waals surface area contributed by atoms with E-state index in [1.54, 1.807) is 0 Å². The van der Waals surface area contributed by atoms with E-state index in [1.165, 1.54) is 5.56 Å². The first-order valence-corrected chi connectivity index (χ1v) is 6.41. The number of benzene rings is 1. The second kappa shape index (κ2) is 4.42. The van der Waals surface area contributed by atoms with Gasteiger partial charge in [-0.3, -0.25) is 4.79 Å². The third kappa shape index (κ3) is 1.87. The van der Waals surface area contributed by atoms with Crippen molar-refractivity contribution in [2.24, 2.45) is 5.73 Å². The van der Waals surface area contributed by atoms with Crippen LogP contribution in [-0.4, -0.2) is 15.7 Å². The number of nitrogens with zero attached hydrogens (tertiary/aromatic N) is 2. The molecule has 19 heavy (non-hydrogen) atoms. The molecule has 0 spiro atoms. The lowest BCUT2D eigenvalue weighted by atomic mass is 10.1. The lowest BCUT2D eigenvalue weighted by molar-refractivity contribution is 0.1000. The minimum absolute atomic E-state index is 0.146. The molecule has 0 saturated heterocycles. The van der Waals surface area contributed by atoms with Gasteiger partial charge < -0.3 is 11.1 Å². The number of amides is 1. The molecule has 3 N–H and O–H groups in total. The molecule has 2 heterocycles. The average molecular weight is 256 g/mol. The fourth-order valence-corrected chi connectivity index (χ4v) is 2.55. The van der Waals surface area contributed by atoms with Gasteiger partial charge in [0.1, 0.15) is 11.4 Å². The largest absolute Gasteiger partial charge is 0.365 e. The summed E-state index contributed by atoms with van der Waals surface area (Å²) in [7, 11) is 0. The molecule has 0 unspecified atom stereocenters. The predicted molar refractivity (Wildman–Crippen MR) is 72.9 cm³/mol. The molecule has 2 aromatic rings. The van der Waals surface area contributed by atoms with Crippen molar-refractivity contribution in [1.82, 2.24) is 9.78 Å². The summed E-state index contributed by atoms with van der Waals surface area (Å²) >= 11 is 0. The van der Waals surface area contributed by atoms with Crippen molar-refractivity contribution in [3.05, 3.63) is 47.2 Å². The van der Waals surface area contributed by atoms with Crippen molar-refractivity contribution in [2.45, 2.75) is 25.9 Å². The first-order valence-electron chi connectivity index (χ1n) is 6.41. The van der Waals surface area contributed by atoms with Crippen LogP contribution in [0, 0.1) is 0 Å². The number of hydrogen-bond acceptors (Lipinski definition) is 3. The average Bonchev–Trinajstić information content (AvgIpc) is 2.95. The number of nitrogens with two attached hydrogens (primary N) is 1. The Morgan fingerprint density at radius 3 is 2.84 bits per heavy atom. The normalized spacial score (nSPS) is 17.0. The smallest absolute Gasteiger partial charge is 0.254 e. The number of nitrogens with one attached hydrogen (secondary N) is 1. The summed E-state index contributed by atoms with van der Waals surface area (Å²) in [6, 6.07) is 10.3. The van der Waals surface area contributed by atoms with Crippen LogP contribution in [0.5, 0.6) is 0 Å². The minimum atomic E-state index is -0.417. The molecule has 1 amide bonds. The molecular formula is C14H16N4O. The maximum atomic E-state index is 11.6. The number of anilines is 1. The zero-order valence-corrected chi connectivity index (χ0v) is 10.8. The Bertz CT molecular complexity index is 618. The molecule has 1 aliphatic rings. The lowest BCUT2D eigenvalue weighted by Gasteiger charge is -2.11. The summed E-state index contributed by atoms with van der Waals surface area (Å²) in [6.07, 6.45) is 0.704. The molecule has 1 aromatic heterocycles. The van der Waals surface area contributed by atoms with Crippen LogP contribution in [0.15, 0.2) is 30.3 Å². The number of carbonyl (C=O) groups excluding carboxylic acids is 1. The Hall–Kier alpha value is -2.30. The maximum absolute atomic E-state index is 11.6. The number of fused-ring (bicyclic) bond motifs is 1. The third-order valence-electron chi connectivity index (χ3n) is 3.47. The van der Waals surface area contributed by atoms with Gasteiger partial charge in [0.25, 0.3) is 5.91 Å². The van der Waals surface area contributed by atoms with Crippen LogP contribution in [0.2, 0.25) is 0 Å². The van der Waals surface area contributed by atoms with Gasteiger partial charge in [-0.15, -0.1) is 0 Å². The number of aryl methyl sites for hydroxylation is 1. The van der Waals surface area contributed by atoms with Crippen LogP contribution in [-0.2, 0) is 13.0 Å². The van der Waals surface area contributed by atoms with E-state index in [4.69, 9.17) is 5.73 Å². The van der Waals surface area contributed by atoms with Crippen molar-refractivity contribution in [3.8, 4) is 0 Å². The molecule has 1 aromatic carbocycles. The topological polar surface area (TPSA) is 72.9 Å². The second-order valence-corrected chi connectivity index (χ2v) is 4.68. The maximum Gasteiger partial charge on any atom is 0.254 e. The minimum Gasteiger partial charge on any atom is -0.365 e. The van der Waals surface area contributed by atoms with Crippen molar-refractivity contribution < 1.29 is 4.79 Å². The van der Waals surface area contributed by atoms with Gasteiger partial charge in [-0.2, -0.15) is 5.10 Å². The lowest BCUT2D eigenvalue weighted by Crippen LogP contribution is -2.15. The molecular weight excluding hydrogens is 240 g/mol. The third-order valence-corrected chi connectivity index (χ3v) is 3.47. The Labute approximate surface area is 111 Å². The highest BCUT2D eigenvalue weighted by atomic mass is 16.1. The van der Waals surface area contributed by atoms with Gasteiger partial charge in [-0.05, 0) is 12.0 Å². The zero-order valence-electron chi connectivity index (χ0n) is 10.8. The van der Waals surface area contributed by atoms with Gasteiger partial charge in [-0.1, -0.05) is 37.3 Å². The Morgan fingerprint density at radius 2 is 2.21 bits per heavy atom. The summed E-state index contributed by atoms with van der Waals surface area (Å²) in [5, 5.41) is 7.81. The molecule has 0 aliphatic carbocycles. The summed E-state index contributed by atoms with van der Waals surface area (Å²) in [4.78, 5) is 11.6. The van der Waals surface area contributed by atoms with Gasteiger partial charge in [0.2, 0.25) is 0 Å². The Kier molecular flexibility index (Phi) is 2.74. The Morgan fingerprint density at radius 1 is 1.47 bits per heavy atom. The van der Waals surface area contributed by atoms with Crippen LogP contribution in [0.3, 0.4) is 0 Å². The van der Waals surface area contributed by atoms with Gasteiger partial charge in [0.15, 0.2) is 0 Å². The van der Waals surface area contributed by atoms with E-state index in [0.717, 1.165) is 18.1 Å². The van der Waals surface area contributed by atoms with Crippen molar-refractivity contribution in [1.29, 1.82) is 0 Å². The quantitative estimate of drug-likeness (QED) is 0.878. The van der Waals surface area contributed by atoms with Gasteiger partial charge >= 0.3 is 0 Å². The monoisotopic (exact) mass is 256 g/mol. The fourth-order valence-electron chi connectivity index (χ4n) is 2.55. The Balaban J connectivity index is 1.95. The first kappa shape index (κ1) is 11.8. The van der Waals surface area contributed by atoms with E-state index in [0.29, 0.717) is 12.0 Å². The van der Waals surface area contributed by atoms with E-state index in [2.05, 4.69) is 22.5 Å². The van der Waals surface area contributed by atoms with E-state index in [-0.39, 0.29) is 6.04 Å². The molecule has 1 atom stereocenters. The molecule has 0 saturated carbocycles. The summed E-state index contributed by atoms with van der Waals surface area (Å²) in [5.74, 6) is 0.331. The highest BCUT2D eigenvalue weighted by Gasteiger charge is 2.29. The van der Waals surface area contributed by atoms with Crippen LogP contribution in [0.25, 0.3) is 0 Å². The first-order chi connectivity index (χ1) is 9.20. The number of rotatable bonds is 3.